The third-order valence-electron chi connectivity index (χ3n) is 1.42. The maximum atomic E-state index is 11.8. The molecule has 0 aromatic rings. The summed E-state index contributed by atoms with van der Waals surface area (Å²) in [5, 5.41) is -0.582. The number of carbonyl (C=O) groups is 1. The van der Waals surface area contributed by atoms with E-state index < -0.39 is 34.2 Å². The van der Waals surface area contributed by atoms with E-state index in [4.69, 9.17) is 0 Å². The summed E-state index contributed by atoms with van der Waals surface area (Å²) in [4.78, 5) is 10.7. The topological polar surface area (TPSA) is 43.4 Å². The van der Waals surface area contributed by atoms with Gasteiger partial charge in [-0.3, -0.25) is 9.00 Å². The molecule has 0 aromatic heterocycles. The van der Waals surface area contributed by atoms with E-state index in [-0.39, 0.29) is 6.42 Å². The first-order chi connectivity index (χ1) is 5.97. The molecule has 0 aliphatic carbocycles. The van der Waals surface area contributed by atoms with E-state index in [0.29, 0.717) is 0 Å². The van der Waals surface area contributed by atoms with Crippen molar-refractivity contribution in [2.24, 2.45) is 0 Å². The Balaban J connectivity index is 3.89. The van der Waals surface area contributed by atoms with Crippen molar-refractivity contribution in [2.75, 3.05) is 12.9 Å². The van der Waals surface area contributed by atoms with Crippen molar-refractivity contribution in [3.05, 3.63) is 0 Å². The first-order valence-electron chi connectivity index (χ1n) is 3.69. The van der Waals surface area contributed by atoms with Gasteiger partial charge in [-0.15, -0.1) is 0 Å². The Hall–Kier alpha value is -0.520. The van der Waals surface area contributed by atoms with Gasteiger partial charge in [0.15, 0.2) is 0 Å². The quantitative estimate of drug-likeness (QED) is 0.640. The van der Waals surface area contributed by atoms with Crippen molar-refractivity contribution < 1.29 is 22.5 Å². The van der Waals surface area contributed by atoms with Crippen LogP contribution in [0.1, 0.15) is 13.3 Å². The Morgan fingerprint density at radius 2 is 2.08 bits per heavy atom. The van der Waals surface area contributed by atoms with Gasteiger partial charge in [-0.1, -0.05) is 6.92 Å². The lowest BCUT2D eigenvalue weighted by molar-refractivity contribution is -0.140. The molecule has 2 atom stereocenters. The standard InChI is InChI=1S/C7H12F2O3S/c1-5(3-7(10)12-2)13(11)4-6(8)9/h5-6H,3-4H2,1-2H3. The molecule has 0 heterocycles. The van der Waals surface area contributed by atoms with Crippen LogP contribution in [0.5, 0.6) is 0 Å². The van der Waals surface area contributed by atoms with Crippen LogP contribution in [0.4, 0.5) is 8.78 Å². The number of esters is 1. The highest BCUT2D eigenvalue weighted by Gasteiger charge is 2.19. The molecule has 0 aromatic carbocycles. The highest BCUT2D eigenvalue weighted by Crippen LogP contribution is 2.06. The molecule has 13 heavy (non-hydrogen) atoms. The number of halogens is 2. The summed E-state index contributed by atoms with van der Waals surface area (Å²) >= 11 is 0. The zero-order chi connectivity index (χ0) is 10.4. The number of rotatable bonds is 5. The maximum absolute atomic E-state index is 11.8. The van der Waals surface area contributed by atoms with Crippen LogP contribution in [0.15, 0.2) is 0 Å². The SMILES string of the molecule is COC(=O)CC(C)S(=O)CC(F)F. The fourth-order valence-corrected chi connectivity index (χ4v) is 1.60. The summed E-state index contributed by atoms with van der Waals surface area (Å²) < 4.78 is 38.9. The van der Waals surface area contributed by atoms with Gasteiger partial charge >= 0.3 is 5.97 Å². The Morgan fingerprint density at radius 1 is 1.54 bits per heavy atom. The Kier molecular flexibility index (Phi) is 5.77. The van der Waals surface area contributed by atoms with Crippen molar-refractivity contribution >= 4 is 16.8 Å². The minimum Gasteiger partial charge on any atom is -0.469 e. The Bertz CT molecular complexity index is 196. The van der Waals surface area contributed by atoms with Crippen LogP contribution < -0.4 is 0 Å². The van der Waals surface area contributed by atoms with E-state index in [2.05, 4.69) is 4.74 Å². The lowest BCUT2D eigenvalue weighted by atomic mass is 10.3. The van der Waals surface area contributed by atoms with Crippen LogP contribution in [-0.4, -0.2) is 34.7 Å². The van der Waals surface area contributed by atoms with Crippen LogP contribution in [-0.2, 0) is 20.3 Å². The summed E-state index contributed by atoms with van der Waals surface area (Å²) in [6.07, 6.45) is -2.68. The first-order valence-corrected chi connectivity index (χ1v) is 5.07. The predicted octanol–water partition coefficient (Wildman–Crippen LogP) is 0.952. The van der Waals surface area contributed by atoms with Crippen LogP contribution in [0, 0.1) is 0 Å². The van der Waals surface area contributed by atoms with Crippen LogP contribution in [0.3, 0.4) is 0 Å². The molecule has 0 rings (SSSR count). The van der Waals surface area contributed by atoms with Crippen LogP contribution in [0.2, 0.25) is 0 Å². The molecule has 0 spiro atoms. The van der Waals surface area contributed by atoms with Gasteiger partial charge in [0.25, 0.3) is 0 Å². The van der Waals surface area contributed by atoms with Crippen molar-refractivity contribution in [3.8, 4) is 0 Å². The summed E-state index contributed by atoms with van der Waals surface area (Å²) in [5.41, 5.74) is 0. The van der Waals surface area contributed by atoms with Gasteiger partial charge in [0.1, 0.15) is 0 Å². The largest absolute Gasteiger partial charge is 0.469 e. The van der Waals surface area contributed by atoms with Gasteiger partial charge in [0.2, 0.25) is 6.43 Å². The number of hydrogen-bond donors (Lipinski definition) is 0. The normalized spacial score (nSPS) is 15.5. The van der Waals surface area contributed by atoms with Crippen LogP contribution in [0.25, 0.3) is 0 Å². The molecule has 0 fully saturated rings. The zero-order valence-electron chi connectivity index (χ0n) is 7.46. The molecular weight excluding hydrogens is 202 g/mol. The minimum atomic E-state index is -2.60. The van der Waals surface area contributed by atoms with Crippen LogP contribution >= 0.6 is 0 Å². The average Bonchev–Trinajstić information content (AvgIpc) is 2.02. The summed E-state index contributed by atoms with van der Waals surface area (Å²) in [6.45, 7) is 1.48. The zero-order valence-corrected chi connectivity index (χ0v) is 8.27. The number of hydrogen-bond acceptors (Lipinski definition) is 3. The van der Waals surface area contributed by atoms with Gasteiger partial charge in [0.05, 0.1) is 19.3 Å². The summed E-state index contributed by atoms with van der Waals surface area (Å²) in [6, 6.07) is 0. The molecule has 0 saturated carbocycles. The van der Waals surface area contributed by atoms with Gasteiger partial charge in [-0.25, -0.2) is 8.78 Å². The molecule has 0 aliphatic rings. The fourth-order valence-electron chi connectivity index (χ4n) is 0.699. The third kappa shape index (κ3) is 5.68. The number of ether oxygens (including phenoxy) is 1. The molecule has 0 radical (unpaired) electrons. The summed E-state index contributed by atoms with van der Waals surface area (Å²) in [5.74, 6) is -1.21. The molecule has 78 valence electrons. The monoisotopic (exact) mass is 214 g/mol. The fraction of sp³-hybridized carbons (Fsp3) is 0.857. The van der Waals surface area contributed by atoms with E-state index in [1.807, 2.05) is 0 Å². The lowest BCUT2D eigenvalue weighted by Gasteiger charge is -2.08. The van der Waals surface area contributed by atoms with Gasteiger partial charge in [0, 0.05) is 16.0 Å². The Labute approximate surface area is 77.9 Å². The molecule has 3 nitrogen and oxygen atoms in total. The Morgan fingerprint density at radius 3 is 2.46 bits per heavy atom. The van der Waals surface area contributed by atoms with Gasteiger partial charge in [-0.2, -0.15) is 0 Å². The number of carbonyl (C=O) groups excluding carboxylic acids is 1. The number of methoxy groups -OCH3 is 1. The molecule has 0 bridgehead atoms. The smallest absolute Gasteiger partial charge is 0.306 e. The molecule has 0 N–H and O–H groups in total. The minimum absolute atomic E-state index is 0.0875. The second-order valence-corrected chi connectivity index (χ2v) is 4.43. The summed E-state index contributed by atoms with van der Waals surface area (Å²) in [7, 11) is -0.468. The van der Waals surface area contributed by atoms with Gasteiger partial charge in [-0.05, 0) is 0 Å². The second-order valence-electron chi connectivity index (χ2n) is 2.53. The van der Waals surface area contributed by atoms with E-state index in [1.165, 1.54) is 14.0 Å². The van der Waals surface area contributed by atoms with E-state index in [0.717, 1.165) is 0 Å². The van der Waals surface area contributed by atoms with E-state index >= 15 is 0 Å². The molecule has 6 heteroatoms. The van der Waals surface area contributed by atoms with Crippen molar-refractivity contribution in [1.82, 2.24) is 0 Å². The van der Waals surface area contributed by atoms with E-state index in [9.17, 15) is 17.8 Å². The molecule has 2 unspecified atom stereocenters. The molecular formula is C7H12F2O3S. The lowest BCUT2D eigenvalue weighted by Crippen LogP contribution is -2.21. The second kappa shape index (κ2) is 6.01. The predicted molar refractivity (Wildman–Crippen MR) is 45.1 cm³/mol. The average molecular weight is 214 g/mol. The highest BCUT2D eigenvalue weighted by atomic mass is 32.2. The first kappa shape index (κ1) is 12.5. The molecule has 0 saturated heterocycles. The van der Waals surface area contributed by atoms with Crippen molar-refractivity contribution in [1.29, 1.82) is 0 Å². The van der Waals surface area contributed by atoms with Gasteiger partial charge < -0.3 is 4.74 Å². The van der Waals surface area contributed by atoms with E-state index in [1.54, 1.807) is 0 Å². The van der Waals surface area contributed by atoms with Crippen molar-refractivity contribution in [3.63, 3.8) is 0 Å². The third-order valence-corrected chi connectivity index (χ3v) is 3.07. The maximum Gasteiger partial charge on any atom is 0.306 e. The number of alkyl halides is 2. The van der Waals surface area contributed by atoms with Crippen molar-refractivity contribution in [2.45, 2.75) is 25.0 Å². The molecule has 0 amide bonds. The molecule has 0 aliphatic heterocycles. The highest BCUT2D eigenvalue weighted by molar-refractivity contribution is 7.85.